The molecule has 4 heteroatoms. The molecule has 1 aliphatic carbocycles. The minimum Gasteiger partial charge on any atom is -0.324 e. The van der Waals surface area contributed by atoms with Gasteiger partial charge in [0.05, 0.1) is 5.66 Å². The van der Waals surface area contributed by atoms with Gasteiger partial charge in [0.15, 0.2) is 0 Å². The molecular weight excluding hydrogens is 127 g/mol. The standard InChI is InChI=1S/C4H9O3P/c1-3-2-4(3)8(5,6)7/h3-4H,2H2,1H3,(H2,5,6,7)/t3-,4+/m1/s1. The lowest BCUT2D eigenvalue weighted by atomic mass is 10.5. The zero-order chi connectivity index (χ0) is 6.36. The van der Waals surface area contributed by atoms with Crippen molar-refractivity contribution in [1.29, 1.82) is 0 Å². The zero-order valence-electron chi connectivity index (χ0n) is 4.61. The van der Waals surface area contributed by atoms with Crippen molar-refractivity contribution in [3.63, 3.8) is 0 Å². The molecule has 1 rings (SSSR count). The average Bonchev–Trinajstić information content (AvgIpc) is 2.13. The molecule has 0 aromatic heterocycles. The van der Waals surface area contributed by atoms with E-state index in [0.717, 1.165) is 0 Å². The predicted molar refractivity (Wildman–Crippen MR) is 29.6 cm³/mol. The number of hydrogen-bond donors (Lipinski definition) is 2. The highest BCUT2D eigenvalue weighted by Crippen LogP contribution is 2.57. The predicted octanol–water partition coefficient (Wildman–Crippen LogP) is 0.572. The first-order valence-electron chi connectivity index (χ1n) is 2.57. The first-order chi connectivity index (χ1) is 3.52. The molecule has 0 aromatic rings. The molecule has 0 aliphatic heterocycles. The highest BCUT2D eigenvalue weighted by Gasteiger charge is 2.46. The van der Waals surface area contributed by atoms with Gasteiger partial charge in [-0.25, -0.2) is 0 Å². The van der Waals surface area contributed by atoms with Gasteiger partial charge in [-0.3, -0.25) is 4.57 Å². The van der Waals surface area contributed by atoms with E-state index < -0.39 is 7.60 Å². The van der Waals surface area contributed by atoms with Crippen LogP contribution in [0.25, 0.3) is 0 Å². The lowest BCUT2D eigenvalue weighted by molar-refractivity contribution is 0.369. The molecule has 1 aliphatic rings. The molecule has 0 saturated heterocycles. The van der Waals surface area contributed by atoms with E-state index in [1.165, 1.54) is 0 Å². The van der Waals surface area contributed by atoms with Crippen molar-refractivity contribution in [3.05, 3.63) is 0 Å². The molecule has 2 N–H and O–H groups in total. The Balaban J connectivity index is 2.52. The molecule has 0 unspecified atom stereocenters. The summed E-state index contributed by atoms with van der Waals surface area (Å²) in [5.74, 6) is 0.246. The lowest BCUT2D eigenvalue weighted by Crippen LogP contribution is -1.86. The third-order valence-corrected chi connectivity index (χ3v) is 3.08. The largest absolute Gasteiger partial charge is 0.328 e. The second kappa shape index (κ2) is 1.56. The van der Waals surface area contributed by atoms with Gasteiger partial charge in [0, 0.05) is 0 Å². The summed E-state index contributed by atoms with van der Waals surface area (Å²) in [7, 11) is -3.68. The van der Waals surface area contributed by atoms with E-state index in [2.05, 4.69) is 0 Å². The Morgan fingerprint density at radius 1 is 1.62 bits per heavy atom. The molecule has 8 heavy (non-hydrogen) atoms. The Kier molecular flexibility index (Phi) is 1.23. The van der Waals surface area contributed by atoms with E-state index in [9.17, 15) is 4.57 Å². The maximum absolute atomic E-state index is 10.3. The molecule has 0 aromatic carbocycles. The van der Waals surface area contributed by atoms with Crippen LogP contribution in [0.5, 0.6) is 0 Å². The molecule has 0 radical (unpaired) electrons. The van der Waals surface area contributed by atoms with Crippen LogP contribution in [0.2, 0.25) is 0 Å². The van der Waals surface area contributed by atoms with Gasteiger partial charge in [-0.15, -0.1) is 0 Å². The summed E-state index contributed by atoms with van der Waals surface area (Å²) in [5.41, 5.74) is -0.317. The summed E-state index contributed by atoms with van der Waals surface area (Å²) >= 11 is 0. The van der Waals surface area contributed by atoms with Crippen LogP contribution in [0, 0.1) is 5.92 Å². The highest BCUT2D eigenvalue weighted by molar-refractivity contribution is 7.53. The van der Waals surface area contributed by atoms with Gasteiger partial charge < -0.3 is 9.79 Å². The molecule has 1 saturated carbocycles. The van der Waals surface area contributed by atoms with Crippen molar-refractivity contribution in [1.82, 2.24) is 0 Å². The Morgan fingerprint density at radius 3 is 2.00 bits per heavy atom. The van der Waals surface area contributed by atoms with Crippen molar-refractivity contribution >= 4 is 7.60 Å². The third-order valence-electron chi connectivity index (χ3n) is 1.50. The molecule has 0 amide bonds. The van der Waals surface area contributed by atoms with Crippen molar-refractivity contribution in [2.75, 3.05) is 0 Å². The van der Waals surface area contributed by atoms with Crippen molar-refractivity contribution in [3.8, 4) is 0 Å². The molecule has 48 valence electrons. The number of rotatable bonds is 1. The van der Waals surface area contributed by atoms with Crippen LogP contribution in [0.15, 0.2) is 0 Å². The maximum atomic E-state index is 10.3. The zero-order valence-corrected chi connectivity index (χ0v) is 5.51. The summed E-state index contributed by atoms with van der Waals surface area (Å²) in [6.45, 7) is 1.85. The molecule has 3 nitrogen and oxygen atoms in total. The second-order valence-electron chi connectivity index (χ2n) is 2.37. The van der Waals surface area contributed by atoms with Gasteiger partial charge in [0.1, 0.15) is 0 Å². The maximum Gasteiger partial charge on any atom is 0.328 e. The smallest absolute Gasteiger partial charge is 0.324 e. The fraction of sp³-hybridized carbons (Fsp3) is 1.00. The van der Waals surface area contributed by atoms with E-state index in [-0.39, 0.29) is 11.6 Å². The summed E-state index contributed by atoms with van der Waals surface area (Å²) in [6.07, 6.45) is 0.699. The molecule has 0 bridgehead atoms. The van der Waals surface area contributed by atoms with Crippen LogP contribution in [0.3, 0.4) is 0 Å². The topological polar surface area (TPSA) is 57.5 Å². The molecule has 2 atom stereocenters. The quantitative estimate of drug-likeness (QED) is 0.518. The van der Waals surface area contributed by atoms with Crippen molar-refractivity contribution in [2.24, 2.45) is 5.92 Å². The summed E-state index contributed by atoms with van der Waals surface area (Å²) in [6, 6.07) is 0. The first kappa shape index (κ1) is 6.27. The van der Waals surface area contributed by atoms with Gasteiger partial charge in [0.2, 0.25) is 0 Å². The van der Waals surface area contributed by atoms with Crippen LogP contribution in [-0.4, -0.2) is 15.4 Å². The van der Waals surface area contributed by atoms with Crippen molar-refractivity contribution in [2.45, 2.75) is 19.0 Å². The second-order valence-corrected chi connectivity index (χ2v) is 4.21. The van der Waals surface area contributed by atoms with Crippen LogP contribution in [-0.2, 0) is 4.57 Å². The normalized spacial score (nSPS) is 37.4. The third kappa shape index (κ3) is 1.10. The Bertz CT molecular complexity index is 138. The van der Waals surface area contributed by atoms with Gasteiger partial charge in [-0.2, -0.15) is 0 Å². The van der Waals surface area contributed by atoms with Crippen molar-refractivity contribution < 1.29 is 14.4 Å². The minimum absolute atomic E-state index is 0.246. The summed E-state index contributed by atoms with van der Waals surface area (Å²) in [4.78, 5) is 16.9. The van der Waals surface area contributed by atoms with Gasteiger partial charge >= 0.3 is 7.60 Å². The summed E-state index contributed by atoms with van der Waals surface area (Å²) < 4.78 is 10.3. The molecular formula is C4H9O3P. The van der Waals surface area contributed by atoms with E-state index in [1.807, 2.05) is 6.92 Å². The summed E-state index contributed by atoms with van der Waals surface area (Å²) in [5, 5.41) is 0. The van der Waals surface area contributed by atoms with Crippen LogP contribution >= 0.6 is 7.60 Å². The first-order valence-corrected chi connectivity index (χ1v) is 4.25. The Hall–Kier alpha value is 0.150. The Labute approximate surface area is 47.9 Å². The fourth-order valence-corrected chi connectivity index (χ4v) is 2.04. The minimum atomic E-state index is -3.68. The average molecular weight is 136 g/mol. The van der Waals surface area contributed by atoms with Gasteiger partial charge in [-0.1, -0.05) is 6.92 Å². The monoisotopic (exact) mass is 136 g/mol. The van der Waals surface area contributed by atoms with E-state index in [4.69, 9.17) is 9.79 Å². The molecule has 0 spiro atoms. The van der Waals surface area contributed by atoms with Crippen LogP contribution < -0.4 is 0 Å². The van der Waals surface area contributed by atoms with Gasteiger partial charge in [0.25, 0.3) is 0 Å². The van der Waals surface area contributed by atoms with Crippen LogP contribution in [0.4, 0.5) is 0 Å². The van der Waals surface area contributed by atoms with E-state index in [1.54, 1.807) is 0 Å². The van der Waals surface area contributed by atoms with Crippen LogP contribution in [0.1, 0.15) is 13.3 Å². The molecule has 1 fully saturated rings. The van der Waals surface area contributed by atoms with E-state index in [0.29, 0.717) is 6.42 Å². The molecule has 0 heterocycles. The Morgan fingerprint density at radius 2 is 2.00 bits per heavy atom. The fourth-order valence-electron chi connectivity index (χ4n) is 0.771. The SMILES string of the molecule is C[C@@H]1C[C@@H]1P(=O)(O)O. The lowest BCUT2D eigenvalue weighted by Gasteiger charge is -1.97. The van der Waals surface area contributed by atoms with Gasteiger partial charge in [-0.05, 0) is 12.3 Å². The highest BCUT2D eigenvalue weighted by atomic mass is 31.2. The van der Waals surface area contributed by atoms with E-state index >= 15 is 0 Å². The number of hydrogen-bond acceptors (Lipinski definition) is 1.